The fraction of sp³-hybridized carbons (Fsp3) is 0.316. The monoisotopic (exact) mass is 471 g/mol. The predicted molar refractivity (Wildman–Crippen MR) is 102 cm³/mol. The molecule has 1 saturated heterocycles. The molecule has 0 spiro atoms. The van der Waals surface area contributed by atoms with Crippen LogP contribution in [0.5, 0.6) is 0 Å². The maximum Gasteiger partial charge on any atom is 0.493 e. The van der Waals surface area contributed by atoms with Gasteiger partial charge >= 0.3 is 12.1 Å². The van der Waals surface area contributed by atoms with Crippen LogP contribution in [0.25, 0.3) is 0 Å². The molecule has 0 unspecified atom stereocenters. The maximum absolute atomic E-state index is 12.7. The Bertz CT molecular complexity index is 867. The number of amides is 1. The van der Waals surface area contributed by atoms with E-state index in [2.05, 4.69) is 31.1 Å². The van der Waals surface area contributed by atoms with Crippen molar-refractivity contribution in [1.29, 1.82) is 0 Å². The fourth-order valence-electron chi connectivity index (χ4n) is 2.98. The molecular weight excluding hydrogens is 455 g/mol. The summed E-state index contributed by atoms with van der Waals surface area (Å²) in [5.74, 6) is -3.17. The number of carbonyl (C=O) groups excluding carboxylic acids is 2. The molecule has 0 aliphatic carbocycles. The number of hydroxylamine groups is 1. The minimum atomic E-state index is -5.25. The van der Waals surface area contributed by atoms with Crippen LogP contribution in [-0.2, 0) is 9.63 Å². The van der Waals surface area contributed by atoms with Crippen LogP contribution in [0, 0.1) is 0 Å². The Hall–Kier alpha value is -2.46. The standard InChI is InChI=1S/C19H17BrF3N3O3/c20-16-8-5-14(11-25-16)17(27)26(29-18(28)19(21,22)23)15-6-3-12(4-7-15)13-2-1-9-24-10-13/h3-8,11,13,24H,1-2,9-10H2/t13-/m1/s1. The van der Waals surface area contributed by atoms with Crippen LogP contribution < -0.4 is 10.4 Å². The van der Waals surface area contributed by atoms with Crippen molar-refractivity contribution < 1.29 is 27.6 Å². The molecular formula is C19H17BrF3N3O3. The topological polar surface area (TPSA) is 71.5 Å². The second kappa shape index (κ2) is 8.91. The van der Waals surface area contributed by atoms with Crippen LogP contribution in [0.1, 0.15) is 34.7 Å². The number of hydrogen-bond donors (Lipinski definition) is 1. The molecule has 29 heavy (non-hydrogen) atoms. The van der Waals surface area contributed by atoms with Crippen molar-refractivity contribution in [1.82, 2.24) is 10.3 Å². The van der Waals surface area contributed by atoms with Crippen LogP contribution in [-0.4, -0.2) is 36.1 Å². The highest BCUT2D eigenvalue weighted by atomic mass is 79.9. The third-order valence-corrected chi connectivity index (χ3v) is 4.93. The highest BCUT2D eigenvalue weighted by Gasteiger charge is 2.44. The first-order valence-electron chi connectivity index (χ1n) is 8.81. The predicted octanol–water partition coefficient (Wildman–Crippen LogP) is 3.98. The second-order valence-electron chi connectivity index (χ2n) is 6.48. The summed E-state index contributed by atoms with van der Waals surface area (Å²) in [6, 6.07) is 9.16. The Labute approximate surface area is 173 Å². The Balaban J connectivity index is 1.88. The van der Waals surface area contributed by atoms with E-state index in [4.69, 9.17) is 0 Å². The molecule has 1 aliphatic rings. The minimum absolute atomic E-state index is 0.00281. The van der Waals surface area contributed by atoms with Crippen molar-refractivity contribution in [3.05, 3.63) is 58.3 Å². The number of anilines is 1. The van der Waals surface area contributed by atoms with Crippen LogP contribution in [0.4, 0.5) is 18.9 Å². The lowest BCUT2D eigenvalue weighted by atomic mass is 9.91. The average Bonchev–Trinajstić information content (AvgIpc) is 2.72. The lowest BCUT2D eigenvalue weighted by Gasteiger charge is -2.25. The molecule has 1 aromatic carbocycles. The van der Waals surface area contributed by atoms with Gasteiger partial charge in [-0.15, -0.1) is 5.06 Å². The normalized spacial score (nSPS) is 16.9. The summed E-state index contributed by atoms with van der Waals surface area (Å²) in [6.07, 6.45) is -2.06. The Kier molecular flexibility index (Phi) is 6.53. The van der Waals surface area contributed by atoms with Gasteiger partial charge in [0.25, 0.3) is 5.91 Å². The quantitative estimate of drug-likeness (QED) is 0.541. The zero-order valence-corrected chi connectivity index (χ0v) is 16.7. The fourth-order valence-corrected chi connectivity index (χ4v) is 3.22. The number of benzene rings is 1. The summed E-state index contributed by atoms with van der Waals surface area (Å²) in [5, 5.41) is 3.62. The maximum atomic E-state index is 12.7. The zero-order valence-electron chi connectivity index (χ0n) is 15.1. The lowest BCUT2D eigenvalue weighted by Crippen LogP contribution is -2.38. The smallest absolute Gasteiger partial charge is 0.324 e. The van der Waals surface area contributed by atoms with Gasteiger partial charge in [-0.3, -0.25) is 4.79 Å². The number of piperidine rings is 1. The van der Waals surface area contributed by atoms with Crippen molar-refractivity contribution in [2.45, 2.75) is 24.9 Å². The van der Waals surface area contributed by atoms with Gasteiger partial charge in [0.05, 0.1) is 11.3 Å². The summed E-state index contributed by atoms with van der Waals surface area (Å²) in [6.45, 7) is 1.75. The summed E-state index contributed by atoms with van der Waals surface area (Å²) in [4.78, 5) is 32.4. The number of alkyl halides is 3. The van der Waals surface area contributed by atoms with Gasteiger partial charge in [-0.05, 0) is 71.1 Å². The minimum Gasteiger partial charge on any atom is -0.324 e. The van der Waals surface area contributed by atoms with E-state index in [1.807, 2.05) is 0 Å². The first kappa shape index (κ1) is 21.3. The highest BCUT2D eigenvalue weighted by Crippen LogP contribution is 2.27. The molecule has 3 rings (SSSR count). The Morgan fingerprint density at radius 1 is 1.17 bits per heavy atom. The van der Waals surface area contributed by atoms with E-state index in [0.717, 1.165) is 31.5 Å². The van der Waals surface area contributed by atoms with Crippen molar-refractivity contribution in [3.8, 4) is 0 Å². The van der Waals surface area contributed by atoms with Crippen LogP contribution in [0.3, 0.4) is 0 Å². The van der Waals surface area contributed by atoms with Crippen molar-refractivity contribution in [2.75, 3.05) is 18.2 Å². The van der Waals surface area contributed by atoms with E-state index < -0.39 is 18.1 Å². The van der Waals surface area contributed by atoms with Gasteiger partial charge in [-0.2, -0.15) is 13.2 Å². The zero-order chi connectivity index (χ0) is 21.0. The molecule has 1 atom stereocenters. The third kappa shape index (κ3) is 5.33. The molecule has 2 heterocycles. The number of rotatable bonds is 3. The molecule has 1 N–H and O–H groups in total. The molecule has 1 aromatic heterocycles. The number of halogens is 4. The van der Waals surface area contributed by atoms with Crippen LogP contribution in [0.15, 0.2) is 47.2 Å². The van der Waals surface area contributed by atoms with Crippen molar-refractivity contribution in [3.63, 3.8) is 0 Å². The van der Waals surface area contributed by atoms with E-state index in [0.29, 0.717) is 9.67 Å². The lowest BCUT2D eigenvalue weighted by molar-refractivity contribution is -0.199. The molecule has 0 saturated carbocycles. The molecule has 1 amide bonds. The van der Waals surface area contributed by atoms with Crippen molar-refractivity contribution in [2.24, 2.45) is 0 Å². The van der Waals surface area contributed by atoms with Gasteiger partial charge in [0.1, 0.15) is 4.60 Å². The van der Waals surface area contributed by atoms with Gasteiger partial charge in [0.15, 0.2) is 0 Å². The second-order valence-corrected chi connectivity index (χ2v) is 7.29. The van der Waals surface area contributed by atoms with Gasteiger partial charge < -0.3 is 10.2 Å². The van der Waals surface area contributed by atoms with Gasteiger partial charge in [0, 0.05) is 12.7 Å². The summed E-state index contributed by atoms with van der Waals surface area (Å²) < 4.78 is 38.6. The molecule has 0 radical (unpaired) electrons. The summed E-state index contributed by atoms with van der Waals surface area (Å²) in [7, 11) is 0. The van der Waals surface area contributed by atoms with E-state index in [-0.39, 0.29) is 17.2 Å². The first-order chi connectivity index (χ1) is 13.8. The average molecular weight is 472 g/mol. The molecule has 1 aliphatic heterocycles. The van der Waals surface area contributed by atoms with Crippen molar-refractivity contribution >= 4 is 33.5 Å². The van der Waals surface area contributed by atoms with Gasteiger partial charge in [-0.25, -0.2) is 9.78 Å². The van der Waals surface area contributed by atoms with E-state index in [9.17, 15) is 22.8 Å². The molecule has 2 aromatic rings. The largest absolute Gasteiger partial charge is 0.493 e. The molecule has 154 valence electrons. The Morgan fingerprint density at radius 3 is 2.45 bits per heavy atom. The van der Waals surface area contributed by atoms with E-state index in [1.165, 1.54) is 30.5 Å². The molecule has 0 bridgehead atoms. The van der Waals surface area contributed by atoms with Gasteiger partial charge in [-0.1, -0.05) is 12.1 Å². The van der Waals surface area contributed by atoms with Gasteiger partial charge in [0.2, 0.25) is 0 Å². The number of nitrogens with zero attached hydrogens (tertiary/aromatic N) is 2. The number of hydrogen-bond acceptors (Lipinski definition) is 5. The molecule has 10 heteroatoms. The third-order valence-electron chi connectivity index (χ3n) is 4.46. The number of pyridine rings is 1. The summed E-state index contributed by atoms with van der Waals surface area (Å²) >= 11 is 3.11. The van der Waals surface area contributed by atoms with Crippen LogP contribution >= 0.6 is 15.9 Å². The summed E-state index contributed by atoms with van der Waals surface area (Å²) in [5.41, 5.74) is 0.951. The number of carbonyl (C=O) groups is 2. The first-order valence-corrected chi connectivity index (χ1v) is 9.61. The molecule has 1 fully saturated rings. The van der Waals surface area contributed by atoms with E-state index >= 15 is 0 Å². The van der Waals surface area contributed by atoms with Crippen LogP contribution in [0.2, 0.25) is 0 Å². The molecule has 6 nitrogen and oxygen atoms in total. The SMILES string of the molecule is O=C(c1ccc(Br)nc1)N(OC(=O)C(F)(F)F)c1ccc([C@@H]2CCCNC2)cc1. The number of nitrogens with one attached hydrogen (secondary N) is 1. The number of aromatic nitrogens is 1. The highest BCUT2D eigenvalue weighted by molar-refractivity contribution is 9.10. The Morgan fingerprint density at radius 2 is 1.90 bits per heavy atom. The van der Waals surface area contributed by atoms with E-state index in [1.54, 1.807) is 12.1 Å².